The summed E-state index contributed by atoms with van der Waals surface area (Å²) in [5.41, 5.74) is 0.281. The zero-order valence-corrected chi connectivity index (χ0v) is 12.8. The van der Waals surface area contributed by atoms with Gasteiger partial charge in [-0.1, -0.05) is 31.4 Å². The highest BCUT2D eigenvalue weighted by Gasteiger charge is 2.26. The quantitative estimate of drug-likeness (QED) is 0.929. The Balaban J connectivity index is 2.16. The van der Waals surface area contributed by atoms with Gasteiger partial charge >= 0.3 is 0 Å². The van der Waals surface area contributed by atoms with Gasteiger partial charge in [0.15, 0.2) is 0 Å². The Hall–Kier alpha value is -1.09. The molecule has 1 aromatic carbocycles. The smallest absolute Gasteiger partial charge is 0.211 e. The Labute approximate surface area is 124 Å². The van der Waals surface area contributed by atoms with Gasteiger partial charge in [0.25, 0.3) is 0 Å². The fourth-order valence-electron chi connectivity index (χ4n) is 2.60. The fraction of sp³-hybridized carbons (Fsp3) is 0.500. The van der Waals surface area contributed by atoms with Crippen molar-refractivity contribution in [2.24, 2.45) is 11.8 Å². The molecule has 2 unspecified atom stereocenters. The van der Waals surface area contributed by atoms with Crippen molar-refractivity contribution in [3.63, 3.8) is 0 Å². The van der Waals surface area contributed by atoms with Crippen LogP contribution in [0.15, 0.2) is 23.1 Å². The van der Waals surface area contributed by atoms with Crippen molar-refractivity contribution >= 4 is 21.6 Å². The summed E-state index contributed by atoms with van der Waals surface area (Å²) >= 11 is 5.93. The molecule has 6 heteroatoms. The minimum Gasteiger partial charge on any atom is -0.211 e. The number of hydrogen-bond donors (Lipinski definition) is 1. The van der Waals surface area contributed by atoms with Crippen LogP contribution in [0, 0.1) is 23.2 Å². The highest BCUT2D eigenvalue weighted by molar-refractivity contribution is 7.89. The van der Waals surface area contributed by atoms with Gasteiger partial charge in [0.2, 0.25) is 10.0 Å². The molecule has 0 radical (unpaired) electrons. The molecule has 0 spiro atoms. The first-order valence-corrected chi connectivity index (χ1v) is 8.49. The molecule has 2 atom stereocenters. The van der Waals surface area contributed by atoms with Gasteiger partial charge in [0.1, 0.15) is 4.90 Å². The van der Waals surface area contributed by atoms with Gasteiger partial charge in [0.05, 0.1) is 16.7 Å². The summed E-state index contributed by atoms with van der Waals surface area (Å²) in [5, 5.41) is 8.98. The van der Waals surface area contributed by atoms with Crippen LogP contribution in [0.5, 0.6) is 0 Å². The maximum atomic E-state index is 12.3. The molecule has 20 heavy (non-hydrogen) atoms. The first-order valence-electron chi connectivity index (χ1n) is 6.63. The van der Waals surface area contributed by atoms with Crippen molar-refractivity contribution in [3.8, 4) is 6.07 Å². The third-order valence-corrected chi connectivity index (χ3v) is 5.83. The third kappa shape index (κ3) is 3.32. The number of nitrogens with zero attached hydrogens (tertiary/aromatic N) is 1. The summed E-state index contributed by atoms with van der Waals surface area (Å²) in [6.07, 6.45) is 3.35. The Morgan fingerprint density at radius 2 is 2.20 bits per heavy atom. The molecule has 0 amide bonds. The summed E-state index contributed by atoms with van der Waals surface area (Å²) in [5.74, 6) is 0.918. The number of sulfonamides is 1. The Morgan fingerprint density at radius 1 is 1.45 bits per heavy atom. The molecule has 108 valence electrons. The molecule has 0 saturated heterocycles. The van der Waals surface area contributed by atoms with E-state index in [2.05, 4.69) is 11.6 Å². The number of nitrogens with one attached hydrogen (secondary N) is 1. The van der Waals surface area contributed by atoms with Crippen LogP contribution < -0.4 is 4.72 Å². The average molecular weight is 313 g/mol. The molecule has 0 bridgehead atoms. The molecule has 4 nitrogen and oxygen atoms in total. The van der Waals surface area contributed by atoms with E-state index in [1.165, 1.54) is 18.2 Å². The minimum atomic E-state index is -3.67. The van der Waals surface area contributed by atoms with Crippen LogP contribution in [-0.2, 0) is 10.0 Å². The Kier molecular flexibility index (Phi) is 4.69. The Bertz CT molecular complexity index is 637. The third-order valence-electron chi connectivity index (χ3n) is 3.92. The van der Waals surface area contributed by atoms with Crippen molar-refractivity contribution in [1.82, 2.24) is 4.72 Å². The lowest BCUT2D eigenvalue weighted by Gasteiger charge is -2.16. The van der Waals surface area contributed by atoms with Crippen LogP contribution in [-0.4, -0.2) is 15.0 Å². The standard InChI is InChI=1S/C14H17ClN2O2S/c1-10-3-2-4-12(10)9-17-20(18,19)14-7-11(8-16)5-6-13(14)15/h5-7,10,12,17H,2-4,9H2,1H3. The van der Waals surface area contributed by atoms with E-state index in [0.29, 0.717) is 18.4 Å². The summed E-state index contributed by atoms with van der Waals surface area (Å²) in [6.45, 7) is 2.58. The van der Waals surface area contributed by atoms with E-state index in [-0.39, 0.29) is 15.5 Å². The van der Waals surface area contributed by atoms with E-state index in [4.69, 9.17) is 16.9 Å². The lowest BCUT2D eigenvalue weighted by atomic mass is 9.99. The molecular formula is C14H17ClN2O2S. The summed E-state index contributed by atoms with van der Waals surface area (Å²) in [7, 11) is -3.67. The fourth-order valence-corrected chi connectivity index (χ4v) is 4.22. The maximum absolute atomic E-state index is 12.3. The maximum Gasteiger partial charge on any atom is 0.242 e. The summed E-state index contributed by atoms with van der Waals surface area (Å²) < 4.78 is 27.2. The second kappa shape index (κ2) is 6.13. The zero-order valence-electron chi connectivity index (χ0n) is 11.3. The number of nitriles is 1. The topological polar surface area (TPSA) is 70.0 Å². The van der Waals surface area contributed by atoms with Gasteiger partial charge in [-0.15, -0.1) is 0 Å². The number of halogens is 1. The molecule has 1 aromatic rings. The molecular weight excluding hydrogens is 296 g/mol. The molecule has 0 aliphatic heterocycles. The minimum absolute atomic E-state index is 0.0242. The van der Waals surface area contributed by atoms with Crippen LogP contribution >= 0.6 is 11.6 Å². The van der Waals surface area contributed by atoms with E-state index >= 15 is 0 Å². The SMILES string of the molecule is CC1CCCC1CNS(=O)(=O)c1cc(C#N)ccc1Cl. The highest BCUT2D eigenvalue weighted by Crippen LogP contribution is 2.31. The summed E-state index contributed by atoms with van der Waals surface area (Å²) in [4.78, 5) is -0.0242. The zero-order chi connectivity index (χ0) is 14.8. The molecule has 0 aromatic heterocycles. The number of benzene rings is 1. The molecule has 1 fully saturated rings. The lowest BCUT2D eigenvalue weighted by molar-refractivity contribution is 0.414. The first kappa shape index (κ1) is 15.3. The first-order chi connectivity index (χ1) is 9.44. The molecule has 2 rings (SSSR count). The van der Waals surface area contributed by atoms with E-state index in [1.54, 1.807) is 0 Å². The van der Waals surface area contributed by atoms with Crippen LogP contribution in [0.25, 0.3) is 0 Å². The van der Waals surface area contributed by atoms with Gasteiger partial charge in [-0.05, 0) is 36.5 Å². The molecule has 0 heterocycles. The van der Waals surface area contributed by atoms with E-state index in [9.17, 15) is 8.42 Å². The number of hydrogen-bond acceptors (Lipinski definition) is 3. The molecule has 1 N–H and O–H groups in total. The van der Waals surface area contributed by atoms with E-state index in [1.807, 2.05) is 6.07 Å². The molecule has 1 aliphatic rings. The normalized spacial score (nSPS) is 22.6. The second-order valence-corrected chi connectivity index (χ2v) is 7.42. The van der Waals surface area contributed by atoms with E-state index < -0.39 is 10.0 Å². The summed E-state index contributed by atoms with van der Waals surface area (Å²) in [6, 6.07) is 6.17. The van der Waals surface area contributed by atoms with Crippen LogP contribution in [0.1, 0.15) is 31.7 Å². The Morgan fingerprint density at radius 3 is 2.80 bits per heavy atom. The van der Waals surface area contributed by atoms with Crippen molar-refractivity contribution < 1.29 is 8.42 Å². The largest absolute Gasteiger partial charge is 0.242 e. The second-order valence-electron chi connectivity index (χ2n) is 5.28. The average Bonchev–Trinajstić information content (AvgIpc) is 2.82. The molecule has 1 saturated carbocycles. The van der Waals surface area contributed by atoms with Crippen molar-refractivity contribution in [2.45, 2.75) is 31.1 Å². The van der Waals surface area contributed by atoms with Gasteiger partial charge in [0, 0.05) is 6.54 Å². The van der Waals surface area contributed by atoms with Gasteiger partial charge in [-0.3, -0.25) is 0 Å². The number of rotatable bonds is 4. The predicted molar refractivity (Wildman–Crippen MR) is 77.9 cm³/mol. The predicted octanol–water partition coefficient (Wildman–Crippen LogP) is 2.93. The van der Waals surface area contributed by atoms with Gasteiger partial charge in [-0.25, -0.2) is 13.1 Å². The van der Waals surface area contributed by atoms with Gasteiger partial charge < -0.3 is 0 Å². The molecule has 1 aliphatic carbocycles. The monoisotopic (exact) mass is 312 g/mol. The van der Waals surface area contributed by atoms with Gasteiger partial charge in [-0.2, -0.15) is 5.26 Å². The van der Waals surface area contributed by atoms with E-state index in [0.717, 1.165) is 19.3 Å². The van der Waals surface area contributed by atoms with Crippen LogP contribution in [0.4, 0.5) is 0 Å². The van der Waals surface area contributed by atoms with Crippen molar-refractivity contribution in [2.75, 3.05) is 6.54 Å². The van der Waals surface area contributed by atoms with Crippen molar-refractivity contribution in [3.05, 3.63) is 28.8 Å². The van der Waals surface area contributed by atoms with Crippen LogP contribution in [0.3, 0.4) is 0 Å². The van der Waals surface area contributed by atoms with Crippen LogP contribution in [0.2, 0.25) is 5.02 Å². The lowest BCUT2D eigenvalue weighted by Crippen LogP contribution is -2.30. The van der Waals surface area contributed by atoms with Crippen molar-refractivity contribution in [1.29, 1.82) is 5.26 Å². The highest BCUT2D eigenvalue weighted by atomic mass is 35.5.